The Hall–Kier alpha value is -2.65. The molecule has 6 N–H and O–H groups in total. The van der Waals surface area contributed by atoms with Gasteiger partial charge in [0.2, 0.25) is 5.91 Å². The Bertz CT molecular complexity index is 615. The van der Waals surface area contributed by atoms with Gasteiger partial charge >= 0.3 is 6.09 Å². The average Bonchev–Trinajstić information content (AvgIpc) is 2.57. The van der Waals surface area contributed by atoms with Gasteiger partial charge in [-0.3, -0.25) is 15.0 Å². The van der Waals surface area contributed by atoms with Gasteiger partial charge in [-0.05, 0) is 26.3 Å². The summed E-state index contributed by atoms with van der Waals surface area (Å²) in [5.74, 6) is 3.62. The molecule has 0 aliphatic rings. The maximum Gasteiger partial charge on any atom is 0.408 e. The SMILES string of the molecule is CC(C)(C)OC(=O)N[C@H](Cc1ccccc1)C(=O)N[C@H](CO)C(=O)NN. The highest BCUT2D eigenvalue weighted by Gasteiger charge is 2.28. The van der Waals surface area contributed by atoms with E-state index in [2.05, 4.69) is 10.6 Å². The van der Waals surface area contributed by atoms with E-state index in [1.54, 1.807) is 45.0 Å². The minimum Gasteiger partial charge on any atom is -0.444 e. The first-order chi connectivity index (χ1) is 12.2. The molecule has 2 atom stereocenters. The number of aliphatic hydroxyl groups is 1. The summed E-state index contributed by atoms with van der Waals surface area (Å²) in [4.78, 5) is 36.1. The van der Waals surface area contributed by atoms with E-state index in [0.29, 0.717) is 0 Å². The van der Waals surface area contributed by atoms with Crippen molar-refractivity contribution in [3.05, 3.63) is 35.9 Å². The number of carbonyl (C=O) groups excluding carboxylic acids is 3. The lowest BCUT2D eigenvalue weighted by Crippen LogP contribution is -2.56. The number of hydrogen-bond donors (Lipinski definition) is 5. The Morgan fingerprint density at radius 3 is 2.19 bits per heavy atom. The Morgan fingerprint density at radius 2 is 1.69 bits per heavy atom. The number of rotatable bonds is 7. The minimum absolute atomic E-state index is 0.175. The van der Waals surface area contributed by atoms with Crippen molar-refractivity contribution in [2.75, 3.05) is 6.61 Å². The van der Waals surface area contributed by atoms with Gasteiger partial charge in [0.1, 0.15) is 17.7 Å². The molecule has 1 aromatic carbocycles. The van der Waals surface area contributed by atoms with Gasteiger partial charge in [-0.25, -0.2) is 10.6 Å². The van der Waals surface area contributed by atoms with Gasteiger partial charge in [0.25, 0.3) is 5.91 Å². The molecular formula is C17H26N4O5. The van der Waals surface area contributed by atoms with Crippen LogP contribution in [-0.2, 0) is 20.7 Å². The van der Waals surface area contributed by atoms with Crippen molar-refractivity contribution in [2.45, 2.75) is 44.9 Å². The monoisotopic (exact) mass is 366 g/mol. The predicted molar refractivity (Wildman–Crippen MR) is 94.7 cm³/mol. The summed E-state index contributed by atoms with van der Waals surface area (Å²) >= 11 is 0. The molecular weight excluding hydrogens is 340 g/mol. The number of hydrazine groups is 1. The second-order valence-electron chi connectivity index (χ2n) is 6.64. The zero-order valence-corrected chi connectivity index (χ0v) is 15.1. The number of alkyl carbamates (subject to hydrolysis) is 1. The fourth-order valence-electron chi connectivity index (χ4n) is 2.08. The maximum absolute atomic E-state index is 12.5. The first-order valence-corrected chi connectivity index (χ1v) is 8.11. The number of ether oxygens (including phenoxy) is 1. The normalized spacial score (nSPS) is 13.3. The fraction of sp³-hybridized carbons (Fsp3) is 0.471. The molecule has 0 unspecified atom stereocenters. The Labute approximate surface area is 152 Å². The third-order valence-corrected chi connectivity index (χ3v) is 3.25. The molecule has 26 heavy (non-hydrogen) atoms. The number of hydrogen-bond acceptors (Lipinski definition) is 6. The largest absolute Gasteiger partial charge is 0.444 e. The first-order valence-electron chi connectivity index (χ1n) is 8.11. The Morgan fingerprint density at radius 1 is 1.08 bits per heavy atom. The van der Waals surface area contributed by atoms with Crippen LogP contribution in [-0.4, -0.2) is 47.3 Å². The molecule has 0 aromatic heterocycles. The van der Waals surface area contributed by atoms with Crippen LogP contribution in [0.3, 0.4) is 0 Å². The molecule has 144 valence electrons. The van der Waals surface area contributed by atoms with E-state index in [1.165, 1.54) is 0 Å². The van der Waals surface area contributed by atoms with Crippen molar-refractivity contribution in [1.82, 2.24) is 16.1 Å². The van der Waals surface area contributed by atoms with Gasteiger partial charge in [-0.15, -0.1) is 0 Å². The maximum atomic E-state index is 12.5. The standard InChI is InChI=1S/C17H26N4O5/c1-17(2,3)26-16(25)20-12(9-11-7-5-4-6-8-11)14(23)19-13(10-22)15(24)21-18/h4-8,12-13,22H,9-10,18H2,1-3H3,(H,19,23)(H,20,25)(H,21,24)/t12-,13-/m1/s1. The fourth-order valence-corrected chi connectivity index (χ4v) is 2.08. The molecule has 0 aliphatic carbocycles. The third kappa shape index (κ3) is 7.49. The Kier molecular flexibility index (Phi) is 8.01. The number of nitrogens with two attached hydrogens (primary N) is 1. The van der Waals surface area contributed by atoms with E-state index >= 15 is 0 Å². The lowest BCUT2D eigenvalue weighted by Gasteiger charge is -2.24. The minimum atomic E-state index is -1.23. The molecule has 0 heterocycles. The zero-order valence-electron chi connectivity index (χ0n) is 15.1. The van der Waals surface area contributed by atoms with E-state index in [1.807, 2.05) is 11.5 Å². The van der Waals surface area contributed by atoms with Crippen LogP contribution in [0.25, 0.3) is 0 Å². The molecule has 0 aliphatic heterocycles. The van der Waals surface area contributed by atoms with Gasteiger partial charge in [0.05, 0.1) is 6.61 Å². The molecule has 0 saturated heterocycles. The molecule has 0 fully saturated rings. The number of aliphatic hydroxyl groups excluding tert-OH is 1. The van der Waals surface area contributed by atoms with Crippen molar-refractivity contribution in [2.24, 2.45) is 5.84 Å². The van der Waals surface area contributed by atoms with Crippen LogP contribution >= 0.6 is 0 Å². The van der Waals surface area contributed by atoms with Crippen molar-refractivity contribution < 1.29 is 24.2 Å². The second kappa shape index (κ2) is 9.73. The van der Waals surface area contributed by atoms with E-state index < -0.39 is 42.2 Å². The molecule has 0 saturated carbocycles. The first kappa shape index (κ1) is 21.4. The van der Waals surface area contributed by atoms with Crippen LogP contribution in [0, 0.1) is 0 Å². The van der Waals surface area contributed by atoms with E-state index in [4.69, 9.17) is 10.6 Å². The lowest BCUT2D eigenvalue weighted by molar-refractivity contribution is -0.131. The van der Waals surface area contributed by atoms with Gasteiger partial charge in [-0.2, -0.15) is 0 Å². The van der Waals surface area contributed by atoms with Crippen LogP contribution in [0.2, 0.25) is 0 Å². The molecule has 0 spiro atoms. The number of carbonyl (C=O) groups is 3. The molecule has 9 heteroatoms. The summed E-state index contributed by atoms with van der Waals surface area (Å²) < 4.78 is 5.18. The van der Waals surface area contributed by atoms with Gasteiger partial charge in [0.15, 0.2) is 0 Å². The zero-order chi connectivity index (χ0) is 19.7. The summed E-state index contributed by atoms with van der Waals surface area (Å²) in [6.45, 7) is 4.46. The summed E-state index contributed by atoms with van der Waals surface area (Å²) in [5, 5.41) is 14.1. The number of nitrogens with one attached hydrogen (secondary N) is 3. The summed E-state index contributed by atoms with van der Waals surface area (Å²) in [6.07, 6.45) is -0.591. The quantitative estimate of drug-likeness (QED) is 0.252. The van der Waals surface area contributed by atoms with Crippen LogP contribution in [0.4, 0.5) is 4.79 Å². The Balaban J connectivity index is 2.89. The van der Waals surface area contributed by atoms with Gasteiger partial charge in [0, 0.05) is 6.42 Å². The van der Waals surface area contributed by atoms with E-state index in [9.17, 15) is 19.5 Å². The molecule has 0 bridgehead atoms. The van der Waals surface area contributed by atoms with Crippen LogP contribution in [0.15, 0.2) is 30.3 Å². The highest BCUT2D eigenvalue weighted by atomic mass is 16.6. The predicted octanol–water partition coefficient (Wildman–Crippen LogP) is -0.411. The van der Waals surface area contributed by atoms with Crippen LogP contribution < -0.4 is 21.9 Å². The second-order valence-corrected chi connectivity index (χ2v) is 6.64. The summed E-state index contributed by atoms with van der Waals surface area (Å²) in [5.41, 5.74) is 1.92. The lowest BCUT2D eigenvalue weighted by atomic mass is 10.0. The smallest absolute Gasteiger partial charge is 0.408 e. The van der Waals surface area contributed by atoms with Crippen molar-refractivity contribution in [1.29, 1.82) is 0 Å². The third-order valence-electron chi connectivity index (χ3n) is 3.25. The highest BCUT2D eigenvalue weighted by molar-refractivity contribution is 5.91. The molecule has 9 nitrogen and oxygen atoms in total. The van der Waals surface area contributed by atoms with Gasteiger partial charge < -0.3 is 20.5 Å². The summed E-state index contributed by atoms with van der Waals surface area (Å²) in [7, 11) is 0. The van der Waals surface area contributed by atoms with E-state index in [-0.39, 0.29) is 6.42 Å². The van der Waals surface area contributed by atoms with Crippen molar-refractivity contribution in [3.63, 3.8) is 0 Å². The van der Waals surface area contributed by atoms with Crippen molar-refractivity contribution >= 4 is 17.9 Å². The summed E-state index contributed by atoms with van der Waals surface area (Å²) in [6, 6.07) is 6.79. The molecule has 0 radical (unpaired) electrons. The van der Waals surface area contributed by atoms with Crippen molar-refractivity contribution in [3.8, 4) is 0 Å². The highest BCUT2D eigenvalue weighted by Crippen LogP contribution is 2.09. The van der Waals surface area contributed by atoms with Crippen LogP contribution in [0.1, 0.15) is 26.3 Å². The molecule has 1 rings (SSSR count). The van der Waals surface area contributed by atoms with Crippen LogP contribution in [0.5, 0.6) is 0 Å². The molecule has 3 amide bonds. The average molecular weight is 366 g/mol. The van der Waals surface area contributed by atoms with Gasteiger partial charge in [-0.1, -0.05) is 30.3 Å². The van der Waals surface area contributed by atoms with E-state index in [0.717, 1.165) is 5.56 Å². The number of benzene rings is 1. The number of amides is 3. The molecule has 1 aromatic rings. The topological polar surface area (TPSA) is 143 Å².